The van der Waals surface area contributed by atoms with Crippen LogP contribution in [0.3, 0.4) is 0 Å². The smallest absolute Gasteiger partial charge is 0.355 e. The van der Waals surface area contributed by atoms with Crippen molar-refractivity contribution in [2.75, 3.05) is 19.1 Å². The third kappa shape index (κ3) is 4.87. The highest BCUT2D eigenvalue weighted by Crippen LogP contribution is 2.43. The van der Waals surface area contributed by atoms with Crippen molar-refractivity contribution in [3.8, 4) is 6.07 Å². The first kappa shape index (κ1) is 26.2. The summed E-state index contributed by atoms with van der Waals surface area (Å²) in [6, 6.07) is 21.0. The van der Waals surface area contributed by atoms with Gasteiger partial charge < -0.3 is 20.5 Å². The average molecular weight is 529 g/mol. The number of hydrogen-bond donors (Lipinski definition) is 2. The van der Waals surface area contributed by atoms with E-state index in [1.165, 1.54) is 30.5 Å². The molecular formula is C28H24N4O5S. The maximum atomic E-state index is 13.3. The number of para-hydroxylation sites is 1. The Balaban J connectivity index is 1.94. The first-order valence-electron chi connectivity index (χ1n) is 11.5. The summed E-state index contributed by atoms with van der Waals surface area (Å²) < 4.78 is 10.1. The van der Waals surface area contributed by atoms with Crippen LogP contribution in [0.5, 0.6) is 0 Å². The quantitative estimate of drug-likeness (QED) is 0.445. The Morgan fingerprint density at radius 2 is 1.68 bits per heavy atom. The number of esters is 2. The Morgan fingerprint density at radius 1 is 1.00 bits per heavy atom. The van der Waals surface area contributed by atoms with E-state index in [4.69, 9.17) is 15.2 Å². The van der Waals surface area contributed by atoms with Gasteiger partial charge in [0.15, 0.2) is 0 Å². The van der Waals surface area contributed by atoms with Crippen LogP contribution < -0.4 is 16.0 Å². The molecule has 0 spiro atoms. The van der Waals surface area contributed by atoms with Gasteiger partial charge in [0.1, 0.15) is 11.5 Å². The zero-order chi connectivity index (χ0) is 27.2. The lowest BCUT2D eigenvalue weighted by Gasteiger charge is -2.36. The van der Waals surface area contributed by atoms with Gasteiger partial charge in [-0.05, 0) is 29.1 Å². The van der Waals surface area contributed by atoms with Crippen molar-refractivity contribution in [3.05, 3.63) is 111 Å². The van der Waals surface area contributed by atoms with Crippen molar-refractivity contribution in [1.82, 2.24) is 5.32 Å². The van der Waals surface area contributed by atoms with E-state index in [0.29, 0.717) is 12.1 Å². The lowest BCUT2D eigenvalue weighted by molar-refractivity contribution is -0.139. The van der Waals surface area contributed by atoms with E-state index >= 15 is 0 Å². The van der Waals surface area contributed by atoms with Gasteiger partial charge in [-0.2, -0.15) is 5.26 Å². The topological polar surface area (TPSA) is 135 Å². The summed E-state index contributed by atoms with van der Waals surface area (Å²) in [6.07, 6.45) is 0. The molecule has 1 unspecified atom stereocenters. The number of methoxy groups -OCH3 is 2. The highest BCUT2D eigenvalue weighted by Gasteiger charge is 2.43. The maximum absolute atomic E-state index is 13.3. The number of ether oxygens (including phenoxy) is 2. The van der Waals surface area contributed by atoms with Crippen LogP contribution >= 0.6 is 11.3 Å². The van der Waals surface area contributed by atoms with E-state index < -0.39 is 23.8 Å². The summed E-state index contributed by atoms with van der Waals surface area (Å²) in [5, 5.41) is 15.0. The summed E-state index contributed by atoms with van der Waals surface area (Å²) in [7, 11) is 2.34. The second-order valence-electron chi connectivity index (χ2n) is 8.11. The normalized spacial score (nSPS) is 15.1. The highest BCUT2D eigenvalue weighted by molar-refractivity contribution is 7.09. The van der Waals surface area contributed by atoms with Gasteiger partial charge in [-0.1, -0.05) is 48.5 Å². The number of amides is 1. The van der Waals surface area contributed by atoms with E-state index in [1.807, 2.05) is 17.5 Å². The van der Waals surface area contributed by atoms with E-state index in [0.717, 1.165) is 4.88 Å². The van der Waals surface area contributed by atoms with E-state index in [1.54, 1.807) is 54.6 Å². The molecule has 10 heteroatoms. The van der Waals surface area contributed by atoms with Gasteiger partial charge in [-0.25, -0.2) is 9.59 Å². The molecule has 2 heterocycles. The molecule has 38 heavy (non-hydrogen) atoms. The summed E-state index contributed by atoms with van der Waals surface area (Å²) in [5.41, 5.74) is 7.11. The molecule has 1 amide bonds. The molecule has 0 bridgehead atoms. The average Bonchev–Trinajstić information content (AvgIpc) is 3.48. The Morgan fingerprint density at radius 3 is 2.32 bits per heavy atom. The number of nitrogens with one attached hydrogen (secondary N) is 1. The van der Waals surface area contributed by atoms with Crippen molar-refractivity contribution < 1.29 is 23.9 Å². The molecule has 9 nitrogen and oxygen atoms in total. The van der Waals surface area contributed by atoms with Gasteiger partial charge in [0.25, 0.3) is 5.91 Å². The monoisotopic (exact) mass is 528 g/mol. The number of nitrogens with zero attached hydrogens (tertiary/aromatic N) is 2. The molecule has 1 aliphatic rings. The largest absolute Gasteiger partial charge is 0.466 e. The number of carbonyl (C=O) groups excluding carboxylic acids is 3. The van der Waals surface area contributed by atoms with Gasteiger partial charge in [0.05, 0.1) is 55.1 Å². The van der Waals surface area contributed by atoms with Gasteiger partial charge in [0.2, 0.25) is 0 Å². The van der Waals surface area contributed by atoms with Crippen LogP contribution in [0.25, 0.3) is 0 Å². The number of thiophene rings is 1. The Kier molecular flexibility index (Phi) is 7.89. The Hall–Kier alpha value is -4.88. The van der Waals surface area contributed by atoms with E-state index in [2.05, 4.69) is 11.4 Å². The number of anilines is 1. The van der Waals surface area contributed by atoms with Crippen LogP contribution in [0.15, 0.2) is 94.8 Å². The van der Waals surface area contributed by atoms with Crippen LogP contribution in [0.2, 0.25) is 0 Å². The SMILES string of the molecule is COC(=O)C1=C(C(=O)OC)N(c2ccccc2C(=O)NCc2cccs2)C(N)=C(C#N)C1c1ccccc1. The number of hydrogen-bond acceptors (Lipinski definition) is 9. The predicted octanol–water partition coefficient (Wildman–Crippen LogP) is 3.58. The Labute approximate surface area is 223 Å². The minimum absolute atomic E-state index is 0.0121. The summed E-state index contributed by atoms with van der Waals surface area (Å²) in [4.78, 5) is 41.9. The molecule has 3 N–H and O–H groups in total. The molecule has 3 aromatic rings. The van der Waals surface area contributed by atoms with Crippen molar-refractivity contribution in [3.63, 3.8) is 0 Å². The minimum Gasteiger partial charge on any atom is -0.466 e. The molecule has 1 atom stereocenters. The van der Waals surface area contributed by atoms with Gasteiger partial charge >= 0.3 is 11.9 Å². The number of nitriles is 1. The molecule has 0 radical (unpaired) electrons. The summed E-state index contributed by atoms with van der Waals surface area (Å²) in [6.45, 7) is 0.294. The summed E-state index contributed by atoms with van der Waals surface area (Å²) >= 11 is 1.50. The molecule has 0 aliphatic carbocycles. The molecule has 1 aliphatic heterocycles. The zero-order valence-corrected chi connectivity index (χ0v) is 21.5. The third-order valence-electron chi connectivity index (χ3n) is 6.00. The van der Waals surface area contributed by atoms with Crippen LogP contribution in [0.1, 0.15) is 26.7 Å². The number of benzene rings is 2. The maximum Gasteiger partial charge on any atom is 0.355 e. The molecule has 4 rings (SSSR count). The second kappa shape index (κ2) is 11.5. The van der Waals surface area contributed by atoms with Crippen molar-refractivity contribution >= 4 is 34.9 Å². The summed E-state index contributed by atoms with van der Waals surface area (Å²) in [5.74, 6) is -3.29. The molecule has 2 aromatic carbocycles. The Bertz CT molecular complexity index is 1470. The predicted molar refractivity (Wildman–Crippen MR) is 141 cm³/mol. The fourth-order valence-corrected chi connectivity index (χ4v) is 4.94. The number of nitrogens with two attached hydrogens (primary N) is 1. The van der Waals surface area contributed by atoms with Crippen molar-refractivity contribution in [2.45, 2.75) is 12.5 Å². The molecule has 0 fully saturated rings. The van der Waals surface area contributed by atoms with Gasteiger partial charge in [-0.15, -0.1) is 11.3 Å². The fraction of sp³-hybridized carbons (Fsp3) is 0.143. The minimum atomic E-state index is -1.00. The molecule has 0 saturated heterocycles. The lowest BCUT2D eigenvalue weighted by atomic mass is 9.80. The van der Waals surface area contributed by atoms with E-state index in [-0.39, 0.29) is 33.9 Å². The zero-order valence-electron chi connectivity index (χ0n) is 20.6. The molecular weight excluding hydrogens is 504 g/mol. The highest BCUT2D eigenvalue weighted by atomic mass is 32.1. The number of carbonyl (C=O) groups is 3. The fourth-order valence-electron chi connectivity index (χ4n) is 4.30. The number of allylic oxidation sites excluding steroid dienone is 1. The van der Waals surface area contributed by atoms with Crippen LogP contribution in [0.4, 0.5) is 5.69 Å². The van der Waals surface area contributed by atoms with Crippen LogP contribution in [0, 0.1) is 11.3 Å². The first-order chi connectivity index (χ1) is 18.4. The van der Waals surface area contributed by atoms with E-state index in [9.17, 15) is 19.6 Å². The molecule has 192 valence electrons. The standard InChI is InChI=1S/C28H24N4O5S/c1-36-27(34)23-22(17-9-4-3-5-10-17)20(15-29)25(30)32(24(23)28(35)37-2)21-13-7-6-12-19(21)26(33)31-16-18-11-8-14-38-18/h3-14,22H,16,30H2,1-2H3,(H,31,33). The van der Waals surface area contributed by atoms with Crippen LogP contribution in [-0.4, -0.2) is 32.1 Å². The van der Waals surface area contributed by atoms with Gasteiger partial charge in [-0.3, -0.25) is 9.69 Å². The molecule has 0 saturated carbocycles. The van der Waals surface area contributed by atoms with Crippen molar-refractivity contribution in [2.24, 2.45) is 5.73 Å². The molecule has 1 aromatic heterocycles. The third-order valence-corrected chi connectivity index (χ3v) is 6.88. The van der Waals surface area contributed by atoms with Crippen molar-refractivity contribution in [1.29, 1.82) is 5.26 Å². The first-order valence-corrected chi connectivity index (χ1v) is 12.4. The lowest BCUT2D eigenvalue weighted by Crippen LogP contribution is -2.41. The van der Waals surface area contributed by atoms with Crippen LogP contribution in [-0.2, 0) is 25.6 Å². The number of rotatable bonds is 7. The second-order valence-corrected chi connectivity index (χ2v) is 9.15. The van der Waals surface area contributed by atoms with Gasteiger partial charge in [0, 0.05) is 4.88 Å².